The van der Waals surface area contributed by atoms with Gasteiger partial charge in [-0.3, -0.25) is 0 Å². The third kappa shape index (κ3) is 2.76. The summed E-state index contributed by atoms with van der Waals surface area (Å²) in [5, 5.41) is 5.19. The number of urea groups is 1. The van der Waals surface area contributed by atoms with Crippen molar-refractivity contribution < 1.29 is 15.7 Å². The van der Waals surface area contributed by atoms with Crippen molar-refractivity contribution in [3.05, 3.63) is 47.2 Å². The van der Waals surface area contributed by atoms with Crippen LogP contribution in [0.25, 0.3) is 0 Å². The highest BCUT2D eigenvalue weighted by molar-refractivity contribution is 5.94. The fourth-order valence-electron chi connectivity index (χ4n) is 1.96. The van der Waals surface area contributed by atoms with Gasteiger partial charge in [-0.15, -0.1) is 0 Å². The quantitative estimate of drug-likeness (QED) is 0.816. The summed E-state index contributed by atoms with van der Waals surface area (Å²) in [5.41, 5.74) is 1.34. The van der Waals surface area contributed by atoms with Crippen molar-refractivity contribution in [2.45, 2.75) is 19.9 Å². The van der Waals surface area contributed by atoms with Gasteiger partial charge in [-0.25, -0.2) is 9.59 Å². The number of rotatable bonds is 3. The molecule has 0 fully saturated rings. The Hall–Kier alpha value is -2.30. The van der Waals surface area contributed by atoms with Gasteiger partial charge in [0.15, 0.2) is 0 Å². The van der Waals surface area contributed by atoms with Gasteiger partial charge in [-0.05, 0) is 19.4 Å². The summed E-state index contributed by atoms with van der Waals surface area (Å²) < 4.78 is 12.5. The number of esters is 1. The molecule has 1 heterocycles. The molecular weight excluding hydrogens is 244 g/mol. The Balaban J connectivity index is 2.46. The number of amides is 2. The second-order valence-corrected chi connectivity index (χ2v) is 4.05. The number of nitrogens with one attached hydrogen (secondary N) is 2. The minimum Gasteiger partial charge on any atom is -0.463 e. The van der Waals surface area contributed by atoms with Gasteiger partial charge >= 0.3 is 12.0 Å². The minimum atomic E-state index is -0.593. The molecule has 100 valence electrons. The van der Waals surface area contributed by atoms with Crippen LogP contribution in [-0.4, -0.2) is 18.6 Å². The zero-order chi connectivity index (χ0) is 14.5. The number of carbonyl (C=O) groups is 2. The number of hydrogen-bond donors (Lipinski definition) is 2. The molecule has 5 heteroatoms. The van der Waals surface area contributed by atoms with Gasteiger partial charge in [0.1, 0.15) is 0 Å². The summed E-state index contributed by atoms with van der Waals surface area (Å²) in [6.45, 7) is 1.76. The fourth-order valence-corrected chi connectivity index (χ4v) is 1.96. The van der Waals surface area contributed by atoms with Gasteiger partial charge in [0.05, 0.1) is 18.2 Å². The van der Waals surface area contributed by atoms with Crippen LogP contribution < -0.4 is 10.6 Å². The van der Waals surface area contributed by atoms with Crippen LogP contribution in [-0.2, 0) is 9.53 Å². The van der Waals surface area contributed by atoms with E-state index in [2.05, 4.69) is 10.6 Å². The van der Waals surface area contributed by atoms with Crippen LogP contribution in [0.3, 0.4) is 0 Å². The molecule has 1 aliphatic heterocycles. The van der Waals surface area contributed by atoms with Crippen LogP contribution in [0.5, 0.6) is 0 Å². The molecule has 1 atom stereocenters. The SMILES string of the molecule is [2H]CC1=C(C(=O)OCC)C(c2ccccc2)NC(=O)N1. The van der Waals surface area contributed by atoms with E-state index in [0.29, 0.717) is 0 Å². The zero-order valence-electron chi connectivity index (χ0n) is 11.6. The Morgan fingerprint density at radius 1 is 1.42 bits per heavy atom. The van der Waals surface area contributed by atoms with Gasteiger partial charge < -0.3 is 15.4 Å². The predicted molar refractivity (Wildman–Crippen MR) is 70.2 cm³/mol. The molecule has 2 N–H and O–H groups in total. The summed E-state index contributed by atoms with van der Waals surface area (Å²) in [6, 6.07) is 8.12. The lowest BCUT2D eigenvalue weighted by Crippen LogP contribution is -2.45. The average Bonchev–Trinajstić information content (AvgIpc) is 2.47. The Labute approximate surface area is 113 Å². The first kappa shape index (κ1) is 11.8. The highest BCUT2D eigenvalue weighted by Crippen LogP contribution is 2.27. The lowest BCUT2D eigenvalue weighted by atomic mass is 9.96. The van der Waals surface area contributed by atoms with Gasteiger partial charge in [0, 0.05) is 7.07 Å². The van der Waals surface area contributed by atoms with Gasteiger partial charge in [0.25, 0.3) is 0 Å². The second kappa shape index (κ2) is 5.56. The number of carbonyl (C=O) groups excluding carboxylic acids is 2. The van der Waals surface area contributed by atoms with E-state index in [4.69, 9.17) is 6.11 Å². The van der Waals surface area contributed by atoms with Crippen molar-refractivity contribution in [2.24, 2.45) is 0 Å². The van der Waals surface area contributed by atoms with Crippen molar-refractivity contribution in [3.63, 3.8) is 0 Å². The third-order valence-electron chi connectivity index (χ3n) is 2.78. The average molecular weight is 261 g/mol. The van der Waals surface area contributed by atoms with Gasteiger partial charge in [-0.2, -0.15) is 0 Å². The lowest BCUT2D eigenvalue weighted by Gasteiger charge is -2.28. The molecule has 5 nitrogen and oxygen atoms in total. The maximum Gasteiger partial charge on any atom is 0.338 e. The maximum atomic E-state index is 12.1. The summed E-state index contributed by atoms with van der Waals surface area (Å²) in [5.74, 6) is -0.517. The van der Waals surface area contributed by atoms with Crippen LogP contribution in [0.2, 0.25) is 0 Å². The van der Waals surface area contributed by atoms with E-state index >= 15 is 0 Å². The fraction of sp³-hybridized carbons (Fsp3) is 0.286. The molecule has 2 rings (SSSR count). The van der Waals surface area contributed by atoms with Gasteiger partial charge in [-0.1, -0.05) is 30.3 Å². The zero-order valence-corrected chi connectivity index (χ0v) is 10.6. The Morgan fingerprint density at radius 3 is 2.79 bits per heavy atom. The smallest absolute Gasteiger partial charge is 0.338 e. The van der Waals surface area contributed by atoms with Crippen LogP contribution in [0.1, 0.15) is 26.8 Å². The van der Waals surface area contributed by atoms with E-state index in [1.807, 2.05) is 30.3 Å². The molecule has 19 heavy (non-hydrogen) atoms. The Kier molecular flexibility index (Phi) is 3.45. The van der Waals surface area contributed by atoms with Crippen LogP contribution in [0, 0.1) is 0 Å². The molecule has 0 saturated carbocycles. The van der Waals surface area contributed by atoms with Gasteiger partial charge in [0.2, 0.25) is 0 Å². The molecular formula is C14H16N2O3. The molecule has 0 aromatic heterocycles. The van der Waals surface area contributed by atoms with E-state index in [1.54, 1.807) is 6.92 Å². The van der Waals surface area contributed by atoms with Crippen LogP contribution >= 0.6 is 0 Å². The molecule has 0 aliphatic carbocycles. The molecule has 0 saturated heterocycles. The van der Waals surface area contributed by atoms with E-state index < -0.39 is 18.0 Å². The first-order chi connectivity index (χ1) is 9.67. The molecule has 1 aliphatic rings. The number of hydrogen-bond acceptors (Lipinski definition) is 3. The third-order valence-corrected chi connectivity index (χ3v) is 2.78. The maximum absolute atomic E-state index is 12.1. The van der Waals surface area contributed by atoms with E-state index in [9.17, 15) is 9.59 Å². The van der Waals surface area contributed by atoms with E-state index in [-0.39, 0.29) is 24.8 Å². The van der Waals surface area contributed by atoms with Crippen molar-refractivity contribution in [2.75, 3.05) is 6.61 Å². The molecule has 2 amide bonds. The molecule has 1 aromatic carbocycles. The summed E-state index contributed by atoms with van der Waals surface area (Å²) in [4.78, 5) is 23.8. The first-order valence-corrected chi connectivity index (χ1v) is 5.99. The number of ether oxygens (including phenoxy) is 1. The predicted octanol–water partition coefficient (Wildman–Crippen LogP) is 1.88. The monoisotopic (exact) mass is 261 g/mol. The van der Waals surface area contributed by atoms with Crippen molar-refractivity contribution >= 4 is 12.0 Å². The molecule has 1 aromatic rings. The molecule has 1 unspecified atom stereocenters. The number of benzene rings is 1. The molecule has 0 bridgehead atoms. The standard InChI is InChI=1S/C14H16N2O3/c1-3-19-13(17)11-9(2)15-14(18)16-12(11)10-7-5-4-6-8-10/h4-8,12H,3H2,1-2H3,(H2,15,16,18)/i2D. The summed E-state index contributed by atoms with van der Waals surface area (Å²) in [6.07, 6.45) is 0. The lowest BCUT2D eigenvalue weighted by molar-refractivity contribution is -0.139. The van der Waals surface area contributed by atoms with Crippen molar-refractivity contribution in [1.82, 2.24) is 10.6 Å². The van der Waals surface area contributed by atoms with Crippen molar-refractivity contribution in [3.8, 4) is 0 Å². The van der Waals surface area contributed by atoms with E-state index in [1.165, 1.54) is 0 Å². The van der Waals surface area contributed by atoms with Crippen LogP contribution in [0.15, 0.2) is 41.6 Å². The molecule has 0 radical (unpaired) electrons. The van der Waals surface area contributed by atoms with Crippen LogP contribution in [0.4, 0.5) is 4.79 Å². The first-order valence-electron chi connectivity index (χ1n) is 6.70. The summed E-state index contributed by atoms with van der Waals surface area (Å²) >= 11 is 0. The second-order valence-electron chi connectivity index (χ2n) is 4.05. The molecule has 0 spiro atoms. The normalized spacial score (nSPS) is 19.3. The number of allylic oxidation sites excluding steroid dienone is 1. The Bertz CT molecular complexity index is 543. The largest absolute Gasteiger partial charge is 0.463 e. The minimum absolute atomic E-state index is 0.190. The summed E-state index contributed by atoms with van der Waals surface area (Å²) in [7, 11) is 0. The topological polar surface area (TPSA) is 67.4 Å². The Morgan fingerprint density at radius 2 is 2.16 bits per heavy atom. The highest BCUT2D eigenvalue weighted by Gasteiger charge is 2.31. The van der Waals surface area contributed by atoms with Crippen molar-refractivity contribution in [1.29, 1.82) is 0 Å². The highest BCUT2D eigenvalue weighted by atomic mass is 16.5. The van der Waals surface area contributed by atoms with E-state index in [0.717, 1.165) is 5.56 Å².